The zero-order chi connectivity index (χ0) is 9.54. The molecule has 2 aliphatic rings. The van der Waals surface area contributed by atoms with Crippen molar-refractivity contribution in [3.05, 3.63) is 36.5 Å². The standard InChI is InChI=1S/C10H8N2OS/c13-14-9-5-2-1-4-8(9)12-7-3-6-11-10(12)14/h1-6H,7H2. The van der Waals surface area contributed by atoms with Gasteiger partial charge in [-0.25, -0.2) is 9.20 Å². The van der Waals surface area contributed by atoms with Gasteiger partial charge in [0.15, 0.2) is 0 Å². The molecule has 14 heavy (non-hydrogen) atoms. The van der Waals surface area contributed by atoms with E-state index in [9.17, 15) is 4.21 Å². The zero-order valence-electron chi connectivity index (χ0n) is 7.38. The van der Waals surface area contributed by atoms with Crippen molar-refractivity contribution < 1.29 is 4.21 Å². The summed E-state index contributed by atoms with van der Waals surface area (Å²) < 4.78 is 11.9. The summed E-state index contributed by atoms with van der Waals surface area (Å²) in [6, 6.07) is 7.74. The molecule has 0 N–H and O–H groups in total. The van der Waals surface area contributed by atoms with E-state index in [1.54, 1.807) is 6.20 Å². The maximum atomic E-state index is 11.9. The Bertz CT molecular complexity index is 479. The summed E-state index contributed by atoms with van der Waals surface area (Å²) in [4.78, 5) is 7.01. The van der Waals surface area contributed by atoms with Gasteiger partial charge in [-0.15, -0.1) is 0 Å². The van der Waals surface area contributed by atoms with Crippen LogP contribution >= 0.6 is 0 Å². The molecule has 2 aliphatic heterocycles. The van der Waals surface area contributed by atoms with Crippen LogP contribution in [-0.2, 0) is 10.8 Å². The Morgan fingerprint density at radius 2 is 2.21 bits per heavy atom. The average Bonchev–Trinajstić information content (AvgIpc) is 2.55. The molecule has 1 aromatic carbocycles. The summed E-state index contributed by atoms with van der Waals surface area (Å²) >= 11 is 0. The molecule has 70 valence electrons. The summed E-state index contributed by atoms with van der Waals surface area (Å²) in [5.41, 5.74) is 1.02. The molecule has 0 spiro atoms. The highest BCUT2D eigenvalue weighted by Gasteiger charge is 2.32. The fourth-order valence-corrected chi connectivity index (χ4v) is 3.00. The van der Waals surface area contributed by atoms with E-state index >= 15 is 0 Å². The topological polar surface area (TPSA) is 32.7 Å². The molecule has 0 aromatic heterocycles. The Balaban J connectivity index is 2.24. The van der Waals surface area contributed by atoms with Crippen LogP contribution in [0.5, 0.6) is 0 Å². The van der Waals surface area contributed by atoms with Crippen LogP contribution in [0.2, 0.25) is 0 Å². The fraction of sp³-hybridized carbons (Fsp3) is 0.100. The second kappa shape index (κ2) is 2.78. The van der Waals surface area contributed by atoms with Gasteiger partial charge < -0.3 is 4.90 Å². The van der Waals surface area contributed by atoms with Crippen LogP contribution in [0.4, 0.5) is 5.69 Å². The van der Waals surface area contributed by atoms with E-state index in [1.165, 1.54) is 0 Å². The molecule has 0 saturated carbocycles. The van der Waals surface area contributed by atoms with Gasteiger partial charge in [0.25, 0.3) is 0 Å². The molecule has 1 atom stereocenters. The monoisotopic (exact) mass is 204 g/mol. The third kappa shape index (κ3) is 0.915. The number of hydrogen-bond acceptors (Lipinski definition) is 3. The largest absolute Gasteiger partial charge is 0.314 e. The van der Waals surface area contributed by atoms with Crippen molar-refractivity contribution in [1.29, 1.82) is 0 Å². The van der Waals surface area contributed by atoms with Crippen molar-refractivity contribution in [1.82, 2.24) is 0 Å². The van der Waals surface area contributed by atoms with Crippen molar-refractivity contribution in [3.63, 3.8) is 0 Å². The number of aliphatic imine (C=N–C) groups is 1. The van der Waals surface area contributed by atoms with E-state index in [2.05, 4.69) is 4.99 Å². The summed E-state index contributed by atoms with van der Waals surface area (Å²) in [5, 5.41) is 0.661. The first-order chi connectivity index (χ1) is 6.88. The smallest absolute Gasteiger partial charge is 0.204 e. The predicted molar refractivity (Wildman–Crippen MR) is 56.8 cm³/mol. The number of rotatable bonds is 0. The Hall–Kier alpha value is -1.42. The van der Waals surface area contributed by atoms with Crippen LogP contribution in [0.3, 0.4) is 0 Å². The van der Waals surface area contributed by atoms with Crippen molar-refractivity contribution in [3.8, 4) is 0 Å². The summed E-state index contributed by atoms with van der Waals surface area (Å²) in [6.45, 7) is 0.765. The molecule has 4 heteroatoms. The van der Waals surface area contributed by atoms with Crippen LogP contribution in [-0.4, -0.2) is 15.9 Å². The maximum Gasteiger partial charge on any atom is 0.204 e. The summed E-state index contributed by atoms with van der Waals surface area (Å²) in [6.07, 6.45) is 3.68. The van der Waals surface area contributed by atoms with Crippen molar-refractivity contribution in [2.75, 3.05) is 11.4 Å². The van der Waals surface area contributed by atoms with Gasteiger partial charge in [-0.3, -0.25) is 0 Å². The number of para-hydroxylation sites is 1. The molecule has 1 unspecified atom stereocenters. The number of benzene rings is 1. The van der Waals surface area contributed by atoms with E-state index in [4.69, 9.17) is 0 Å². The third-order valence-electron chi connectivity index (χ3n) is 2.33. The number of anilines is 1. The van der Waals surface area contributed by atoms with E-state index in [0.29, 0.717) is 5.17 Å². The first kappa shape index (κ1) is 7.94. The fourth-order valence-electron chi connectivity index (χ4n) is 1.70. The first-order valence-electron chi connectivity index (χ1n) is 4.39. The number of nitrogens with zero attached hydrogens (tertiary/aromatic N) is 2. The number of amidine groups is 1. The van der Waals surface area contributed by atoms with Crippen molar-refractivity contribution >= 4 is 21.7 Å². The van der Waals surface area contributed by atoms with Crippen LogP contribution < -0.4 is 4.90 Å². The Morgan fingerprint density at radius 3 is 3.14 bits per heavy atom. The lowest BCUT2D eigenvalue weighted by atomic mass is 10.3. The normalized spacial score (nSPS) is 23.0. The molecule has 0 saturated heterocycles. The second-order valence-corrected chi connectivity index (χ2v) is 4.49. The highest BCUT2D eigenvalue weighted by Crippen LogP contribution is 2.33. The third-order valence-corrected chi connectivity index (χ3v) is 3.73. The summed E-state index contributed by atoms with van der Waals surface area (Å²) in [7, 11) is -1.09. The first-order valence-corrected chi connectivity index (χ1v) is 5.54. The van der Waals surface area contributed by atoms with E-state index in [0.717, 1.165) is 17.1 Å². The highest BCUT2D eigenvalue weighted by molar-refractivity contribution is 8.01. The quantitative estimate of drug-likeness (QED) is 0.641. The minimum atomic E-state index is -1.09. The molecule has 3 rings (SSSR count). The molecule has 3 nitrogen and oxygen atoms in total. The van der Waals surface area contributed by atoms with E-state index < -0.39 is 10.8 Å². The molecule has 0 fully saturated rings. The SMILES string of the molecule is O=S1C2=NC=CCN2c2ccccc21. The van der Waals surface area contributed by atoms with E-state index in [-0.39, 0.29) is 0 Å². The Kier molecular flexibility index (Phi) is 1.58. The van der Waals surface area contributed by atoms with Crippen LogP contribution in [0.1, 0.15) is 0 Å². The lowest BCUT2D eigenvalue weighted by Crippen LogP contribution is -2.29. The van der Waals surface area contributed by atoms with Gasteiger partial charge in [0.2, 0.25) is 5.17 Å². The minimum absolute atomic E-state index is 0.661. The van der Waals surface area contributed by atoms with Gasteiger partial charge in [-0.1, -0.05) is 12.1 Å². The lowest BCUT2D eigenvalue weighted by molar-refractivity contribution is 0.690. The van der Waals surface area contributed by atoms with Gasteiger partial charge in [0.1, 0.15) is 10.8 Å². The van der Waals surface area contributed by atoms with Crippen LogP contribution in [0.15, 0.2) is 46.4 Å². The maximum absolute atomic E-state index is 11.9. The van der Waals surface area contributed by atoms with Gasteiger partial charge in [0.05, 0.1) is 10.6 Å². The van der Waals surface area contributed by atoms with Crippen LogP contribution in [0.25, 0.3) is 0 Å². The van der Waals surface area contributed by atoms with Gasteiger partial charge >= 0.3 is 0 Å². The van der Waals surface area contributed by atoms with Crippen molar-refractivity contribution in [2.24, 2.45) is 4.99 Å². The lowest BCUT2D eigenvalue weighted by Gasteiger charge is -2.18. The average molecular weight is 204 g/mol. The predicted octanol–water partition coefficient (Wildman–Crippen LogP) is 1.50. The van der Waals surface area contributed by atoms with Gasteiger partial charge in [0, 0.05) is 12.7 Å². The molecule has 0 radical (unpaired) electrons. The second-order valence-electron chi connectivity index (χ2n) is 3.14. The van der Waals surface area contributed by atoms with E-state index in [1.807, 2.05) is 35.2 Å². The van der Waals surface area contributed by atoms with Crippen molar-refractivity contribution in [2.45, 2.75) is 4.90 Å². The Morgan fingerprint density at radius 1 is 1.36 bits per heavy atom. The number of fused-ring (bicyclic) bond motifs is 3. The molecular formula is C10H8N2OS. The Labute approximate surface area is 84.2 Å². The molecule has 0 aliphatic carbocycles. The zero-order valence-corrected chi connectivity index (χ0v) is 8.20. The number of hydrogen-bond donors (Lipinski definition) is 0. The molecule has 0 amide bonds. The molecule has 1 aromatic rings. The molecule has 0 bridgehead atoms. The minimum Gasteiger partial charge on any atom is -0.314 e. The summed E-state index contributed by atoms with van der Waals surface area (Å²) in [5.74, 6) is 0. The van der Waals surface area contributed by atoms with Gasteiger partial charge in [-0.05, 0) is 18.2 Å². The highest BCUT2D eigenvalue weighted by atomic mass is 32.2. The van der Waals surface area contributed by atoms with Crippen LogP contribution in [0, 0.1) is 0 Å². The molecular weight excluding hydrogens is 196 g/mol. The molecule has 2 heterocycles. The van der Waals surface area contributed by atoms with Gasteiger partial charge in [-0.2, -0.15) is 0 Å².